The molecule has 9 nitrogen and oxygen atoms in total. The van der Waals surface area contributed by atoms with Gasteiger partial charge in [0.15, 0.2) is 11.5 Å². The summed E-state index contributed by atoms with van der Waals surface area (Å²) in [6.07, 6.45) is 0.0818. The lowest BCUT2D eigenvalue weighted by molar-refractivity contribution is -0.155. The van der Waals surface area contributed by atoms with Gasteiger partial charge in [-0.05, 0) is 36.4 Å². The molecule has 186 valence electrons. The number of carbonyl (C=O) groups is 2. The molecule has 1 atom stereocenters. The van der Waals surface area contributed by atoms with E-state index in [0.29, 0.717) is 60.7 Å². The van der Waals surface area contributed by atoms with Gasteiger partial charge in [-0.1, -0.05) is 17.7 Å². The number of hydrogen-bond donors (Lipinski definition) is 0. The van der Waals surface area contributed by atoms with Gasteiger partial charge in [-0.2, -0.15) is 0 Å². The first-order valence-corrected chi connectivity index (χ1v) is 12.0. The van der Waals surface area contributed by atoms with Crippen LogP contribution < -0.4 is 14.2 Å². The predicted octanol–water partition coefficient (Wildman–Crippen LogP) is 2.61. The van der Waals surface area contributed by atoms with Crippen molar-refractivity contribution in [3.63, 3.8) is 0 Å². The highest BCUT2D eigenvalue weighted by Crippen LogP contribution is 2.34. The number of ether oxygens (including phenoxy) is 5. The number of morpholine rings is 2. The van der Waals surface area contributed by atoms with E-state index < -0.39 is 5.60 Å². The molecule has 0 aromatic heterocycles. The number of nitrogens with zero attached hydrogens (tertiary/aromatic N) is 2. The van der Waals surface area contributed by atoms with Gasteiger partial charge >= 0.3 is 0 Å². The van der Waals surface area contributed by atoms with Gasteiger partial charge in [0.1, 0.15) is 18.0 Å². The molecular formula is C25H27ClN2O7. The molecule has 3 aliphatic rings. The lowest BCUT2D eigenvalue weighted by atomic mass is 9.96. The van der Waals surface area contributed by atoms with E-state index in [4.69, 9.17) is 35.3 Å². The van der Waals surface area contributed by atoms with Gasteiger partial charge in [-0.3, -0.25) is 9.59 Å². The van der Waals surface area contributed by atoms with E-state index in [9.17, 15) is 9.59 Å². The van der Waals surface area contributed by atoms with Crippen LogP contribution in [0.3, 0.4) is 0 Å². The first-order chi connectivity index (χ1) is 17.0. The molecule has 0 aliphatic carbocycles. The highest BCUT2D eigenvalue weighted by Gasteiger charge is 2.42. The third-order valence-corrected chi connectivity index (χ3v) is 6.53. The zero-order valence-corrected chi connectivity index (χ0v) is 20.0. The SMILES string of the molecule is O=C(C[C@]1(COc2cccc(Cl)c2)CN(C(=O)c2ccc3c(c2)OCO3)CCO1)N1CCOCC1. The van der Waals surface area contributed by atoms with E-state index in [0.717, 1.165) is 0 Å². The van der Waals surface area contributed by atoms with Crippen molar-refractivity contribution in [3.8, 4) is 17.2 Å². The minimum Gasteiger partial charge on any atom is -0.490 e. The van der Waals surface area contributed by atoms with Crippen molar-refractivity contribution in [2.45, 2.75) is 12.0 Å². The minimum absolute atomic E-state index is 0.0552. The van der Waals surface area contributed by atoms with E-state index in [1.54, 1.807) is 52.3 Å². The lowest BCUT2D eigenvalue weighted by Gasteiger charge is -2.43. The molecule has 3 heterocycles. The number of fused-ring (bicyclic) bond motifs is 1. The molecule has 10 heteroatoms. The number of benzene rings is 2. The summed E-state index contributed by atoms with van der Waals surface area (Å²) in [7, 11) is 0. The summed E-state index contributed by atoms with van der Waals surface area (Å²) in [4.78, 5) is 30.1. The van der Waals surface area contributed by atoms with Crippen molar-refractivity contribution in [1.29, 1.82) is 0 Å². The average molecular weight is 503 g/mol. The van der Waals surface area contributed by atoms with Crippen LogP contribution in [0.2, 0.25) is 5.02 Å². The summed E-state index contributed by atoms with van der Waals surface area (Å²) in [5, 5.41) is 0.546. The van der Waals surface area contributed by atoms with Gasteiger partial charge in [0.25, 0.3) is 5.91 Å². The number of hydrogen-bond acceptors (Lipinski definition) is 7. The molecule has 2 aromatic carbocycles. The Balaban J connectivity index is 1.35. The maximum absolute atomic E-state index is 13.4. The highest BCUT2D eigenvalue weighted by molar-refractivity contribution is 6.30. The van der Waals surface area contributed by atoms with Gasteiger partial charge in [0.05, 0.1) is 32.8 Å². The van der Waals surface area contributed by atoms with Gasteiger partial charge in [-0.15, -0.1) is 0 Å². The second-order valence-corrected chi connectivity index (χ2v) is 9.18. The fourth-order valence-corrected chi connectivity index (χ4v) is 4.63. The molecule has 2 saturated heterocycles. The Hall–Kier alpha value is -3.01. The van der Waals surface area contributed by atoms with E-state index in [1.807, 2.05) is 0 Å². The third kappa shape index (κ3) is 5.47. The summed E-state index contributed by atoms with van der Waals surface area (Å²) < 4.78 is 28.4. The average Bonchev–Trinajstić information content (AvgIpc) is 3.36. The van der Waals surface area contributed by atoms with Crippen molar-refractivity contribution < 1.29 is 33.3 Å². The summed E-state index contributed by atoms with van der Waals surface area (Å²) >= 11 is 6.10. The summed E-state index contributed by atoms with van der Waals surface area (Å²) in [6, 6.07) is 12.2. The van der Waals surface area contributed by atoms with Gasteiger partial charge in [0, 0.05) is 30.2 Å². The molecule has 2 amide bonds. The molecule has 0 unspecified atom stereocenters. The Morgan fingerprint density at radius 1 is 0.971 bits per heavy atom. The maximum atomic E-state index is 13.4. The molecule has 0 N–H and O–H groups in total. The summed E-state index contributed by atoms with van der Waals surface area (Å²) in [5.41, 5.74) is -0.526. The number of halogens is 1. The summed E-state index contributed by atoms with van der Waals surface area (Å²) in [5.74, 6) is 1.50. The first kappa shape index (κ1) is 23.7. The van der Waals surface area contributed by atoms with Crippen molar-refractivity contribution in [2.75, 3.05) is 59.4 Å². The Labute approximate surface area is 208 Å². The molecule has 0 saturated carbocycles. The second kappa shape index (κ2) is 10.3. The Morgan fingerprint density at radius 3 is 2.60 bits per heavy atom. The van der Waals surface area contributed by atoms with Gasteiger partial charge < -0.3 is 33.5 Å². The van der Waals surface area contributed by atoms with E-state index in [-0.39, 0.29) is 44.8 Å². The van der Waals surface area contributed by atoms with Crippen LogP contribution in [-0.2, 0) is 14.3 Å². The van der Waals surface area contributed by atoms with E-state index >= 15 is 0 Å². The molecular weight excluding hydrogens is 476 g/mol. The van der Waals surface area contributed by atoms with Crippen molar-refractivity contribution in [1.82, 2.24) is 9.80 Å². The maximum Gasteiger partial charge on any atom is 0.254 e. The van der Waals surface area contributed by atoms with Crippen LogP contribution in [0.25, 0.3) is 0 Å². The second-order valence-electron chi connectivity index (χ2n) is 8.74. The molecule has 35 heavy (non-hydrogen) atoms. The molecule has 0 radical (unpaired) electrons. The molecule has 2 fully saturated rings. The van der Waals surface area contributed by atoms with Gasteiger partial charge in [0.2, 0.25) is 12.7 Å². The summed E-state index contributed by atoms with van der Waals surface area (Å²) in [6.45, 7) is 3.20. The highest BCUT2D eigenvalue weighted by atomic mass is 35.5. The van der Waals surface area contributed by atoms with Crippen LogP contribution in [-0.4, -0.2) is 86.6 Å². The van der Waals surface area contributed by atoms with E-state index in [2.05, 4.69) is 0 Å². The molecule has 0 spiro atoms. The molecule has 5 rings (SSSR count). The quantitative estimate of drug-likeness (QED) is 0.600. The van der Waals surface area contributed by atoms with Gasteiger partial charge in [-0.25, -0.2) is 0 Å². The number of rotatable bonds is 6. The van der Waals surface area contributed by atoms with Crippen molar-refractivity contribution >= 4 is 23.4 Å². The minimum atomic E-state index is -1.01. The van der Waals surface area contributed by atoms with Crippen molar-refractivity contribution in [2.24, 2.45) is 0 Å². The van der Waals surface area contributed by atoms with Crippen LogP contribution in [0.1, 0.15) is 16.8 Å². The number of amides is 2. The standard InChI is InChI=1S/C25H27ClN2O7/c26-19-2-1-3-20(13-19)32-16-25(14-23(29)27-6-9-31-10-7-27)15-28(8-11-35-25)24(30)18-4-5-21-22(12-18)34-17-33-21/h1-5,12-13H,6-11,14-17H2/t25-/m1/s1. The fraction of sp³-hybridized carbons (Fsp3) is 0.440. The van der Waals surface area contributed by atoms with Crippen LogP contribution in [0, 0.1) is 0 Å². The number of carbonyl (C=O) groups excluding carboxylic acids is 2. The molecule has 2 aromatic rings. The largest absolute Gasteiger partial charge is 0.490 e. The van der Waals surface area contributed by atoms with Crippen molar-refractivity contribution in [3.05, 3.63) is 53.1 Å². The van der Waals surface area contributed by atoms with Crippen LogP contribution in [0.15, 0.2) is 42.5 Å². The smallest absolute Gasteiger partial charge is 0.254 e. The lowest BCUT2D eigenvalue weighted by Crippen LogP contribution is -2.58. The molecule has 0 bridgehead atoms. The molecule has 3 aliphatic heterocycles. The van der Waals surface area contributed by atoms with Crippen LogP contribution >= 0.6 is 11.6 Å². The predicted molar refractivity (Wildman–Crippen MR) is 126 cm³/mol. The van der Waals surface area contributed by atoms with E-state index in [1.165, 1.54) is 0 Å². The van der Waals surface area contributed by atoms with Crippen LogP contribution in [0.4, 0.5) is 0 Å². The fourth-order valence-electron chi connectivity index (χ4n) is 4.45. The zero-order chi connectivity index (χ0) is 24.3. The normalized spacial score (nSPS) is 21.6. The Kier molecular flexibility index (Phi) is 6.99. The third-order valence-electron chi connectivity index (χ3n) is 6.29. The topological polar surface area (TPSA) is 86.8 Å². The Bertz CT molecular complexity index is 1090. The van der Waals surface area contributed by atoms with Crippen LogP contribution in [0.5, 0.6) is 17.2 Å². The monoisotopic (exact) mass is 502 g/mol. The zero-order valence-electron chi connectivity index (χ0n) is 19.2. The first-order valence-electron chi connectivity index (χ1n) is 11.6. The Morgan fingerprint density at radius 2 is 1.77 bits per heavy atom.